The zero-order chi connectivity index (χ0) is 17.3. The Labute approximate surface area is 140 Å². The van der Waals surface area contributed by atoms with E-state index in [4.69, 9.17) is 0 Å². The van der Waals surface area contributed by atoms with Crippen molar-refractivity contribution < 1.29 is 18.3 Å². The summed E-state index contributed by atoms with van der Waals surface area (Å²) in [6.07, 6.45) is 1.25. The third-order valence-corrected chi connectivity index (χ3v) is 5.90. The maximum atomic E-state index is 12.2. The van der Waals surface area contributed by atoms with Crippen molar-refractivity contribution in [2.45, 2.75) is 25.8 Å². The quantitative estimate of drug-likeness (QED) is 0.769. The normalized spacial score (nSPS) is 19.3. The number of phenols is 1. The summed E-state index contributed by atoms with van der Waals surface area (Å²) in [6.45, 7) is 2.01. The van der Waals surface area contributed by atoms with E-state index in [-0.39, 0.29) is 29.0 Å². The third kappa shape index (κ3) is 3.43. The molecule has 1 aliphatic rings. The van der Waals surface area contributed by atoms with Gasteiger partial charge in [0.2, 0.25) is 0 Å². The van der Waals surface area contributed by atoms with Crippen LogP contribution < -0.4 is 5.32 Å². The summed E-state index contributed by atoms with van der Waals surface area (Å²) < 4.78 is 22.9. The van der Waals surface area contributed by atoms with Gasteiger partial charge in [0, 0.05) is 11.6 Å². The van der Waals surface area contributed by atoms with Gasteiger partial charge >= 0.3 is 0 Å². The van der Waals surface area contributed by atoms with E-state index in [1.54, 1.807) is 12.1 Å². The Morgan fingerprint density at radius 1 is 1.42 bits per heavy atom. The van der Waals surface area contributed by atoms with Crippen LogP contribution in [0, 0.1) is 0 Å². The minimum absolute atomic E-state index is 0.0287. The number of amides is 1. The number of H-pyrrole nitrogens is 1. The van der Waals surface area contributed by atoms with Crippen molar-refractivity contribution in [3.8, 4) is 17.0 Å². The topological polar surface area (TPSA) is 112 Å². The van der Waals surface area contributed by atoms with Gasteiger partial charge in [-0.3, -0.25) is 9.89 Å². The number of carbonyl (C=O) groups is 1. The summed E-state index contributed by atoms with van der Waals surface area (Å²) >= 11 is 0. The van der Waals surface area contributed by atoms with E-state index in [0.29, 0.717) is 17.7 Å². The third-order valence-electron chi connectivity index (χ3n) is 4.14. The van der Waals surface area contributed by atoms with E-state index in [0.717, 1.165) is 12.0 Å². The lowest BCUT2D eigenvalue weighted by Crippen LogP contribution is -2.35. The highest BCUT2D eigenvalue weighted by molar-refractivity contribution is 7.91. The Bertz CT molecular complexity index is 873. The van der Waals surface area contributed by atoms with Crippen molar-refractivity contribution in [2.24, 2.45) is 0 Å². The Hall–Kier alpha value is -2.35. The first-order valence-corrected chi connectivity index (χ1v) is 9.59. The minimum Gasteiger partial charge on any atom is -0.507 e. The number of hydrogen-bond acceptors (Lipinski definition) is 5. The molecule has 1 aliphatic heterocycles. The molecule has 1 atom stereocenters. The number of hydrogen-bond donors (Lipinski definition) is 3. The number of nitrogens with one attached hydrogen (secondary N) is 2. The number of rotatable bonds is 4. The van der Waals surface area contributed by atoms with Crippen LogP contribution in [0.1, 0.15) is 29.4 Å². The Morgan fingerprint density at radius 3 is 2.88 bits per heavy atom. The number of sulfone groups is 1. The fraction of sp³-hybridized carbons (Fsp3) is 0.375. The number of carbonyl (C=O) groups excluding carboxylic acids is 1. The standard InChI is InChI=1S/C16H19N3O4S/c1-2-10-3-4-15(20)12(7-10)13-8-14(19-18-13)16(21)17-11-5-6-24(22,23)9-11/h3-4,7-8,11,20H,2,5-6,9H2,1H3,(H,17,21)(H,18,19). The molecule has 128 valence electrons. The van der Waals surface area contributed by atoms with Gasteiger partial charge in [-0.05, 0) is 36.6 Å². The number of phenolic OH excluding ortho intramolecular Hbond substituents is 1. The van der Waals surface area contributed by atoms with Crippen LogP contribution in [0.4, 0.5) is 0 Å². The van der Waals surface area contributed by atoms with Crippen LogP contribution >= 0.6 is 0 Å². The predicted molar refractivity (Wildman–Crippen MR) is 89.6 cm³/mol. The Balaban J connectivity index is 1.77. The molecule has 1 saturated heterocycles. The Kier molecular flexibility index (Phi) is 4.31. The molecule has 1 aromatic carbocycles. The van der Waals surface area contributed by atoms with E-state index >= 15 is 0 Å². The van der Waals surface area contributed by atoms with E-state index in [1.165, 1.54) is 0 Å². The zero-order valence-corrected chi connectivity index (χ0v) is 14.1. The average molecular weight is 349 g/mol. The molecule has 0 aliphatic carbocycles. The van der Waals surface area contributed by atoms with Gasteiger partial charge in [-0.1, -0.05) is 13.0 Å². The lowest BCUT2D eigenvalue weighted by molar-refractivity contribution is 0.0936. The van der Waals surface area contributed by atoms with Crippen LogP contribution in [0.2, 0.25) is 0 Å². The van der Waals surface area contributed by atoms with Crippen molar-refractivity contribution in [3.63, 3.8) is 0 Å². The summed E-state index contributed by atoms with van der Waals surface area (Å²) in [4.78, 5) is 12.2. The first-order valence-electron chi connectivity index (χ1n) is 7.77. The van der Waals surface area contributed by atoms with Crippen molar-refractivity contribution in [2.75, 3.05) is 11.5 Å². The molecule has 2 aromatic rings. The van der Waals surface area contributed by atoms with Gasteiger partial charge in [0.15, 0.2) is 9.84 Å². The molecule has 0 bridgehead atoms. The van der Waals surface area contributed by atoms with Gasteiger partial charge in [0.05, 0.1) is 17.2 Å². The summed E-state index contributed by atoms with van der Waals surface area (Å²) in [5, 5.41) is 19.4. The van der Waals surface area contributed by atoms with Crippen LogP contribution in [0.15, 0.2) is 24.3 Å². The van der Waals surface area contributed by atoms with Crippen LogP contribution in [0.3, 0.4) is 0 Å². The average Bonchev–Trinajstić information content (AvgIpc) is 3.14. The molecule has 7 nitrogen and oxygen atoms in total. The molecule has 1 fully saturated rings. The van der Waals surface area contributed by atoms with E-state index < -0.39 is 15.7 Å². The molecule has 2 heterocycles. The number of aromatic nitrogens is 2. The number of aromatic amines is 1. The van der Waals surface area contributed by atoms with E-state index in [2.05, 4.69) is 15.5 Å². The van der Waals surface area contributed by atoms with Crippen molar-refractivity contribution >= 4 is 15.7 Å². The van der Waals surface area contributed by atoms with Crippen molar-refractivity contribution in [3.05, 3.63) is 35.5 Å². The largest absolute Gasteiger partial charge is 0.507 e. The highest BCUT2D eigenvalue weighted by atomic mass is 32.2. The molecule has 0 spiro atoms. The van der Waals surface area contributed by atoms with Crippen LogP contribution in [0.25, 0.3) is 11.3 Å². The van der Waals surface area contributed by atoms with Gasteiger partial charge in [0.1, 0.15) is 11.4 Å². The van der Waals surface area contributed by atoms with Crippen LogP contribution in [-0.2, 0) is 16.3 Å². The zero-order valence-electron chi connectivity index (χ0n) is 13.2. The van der Waals surface area contributed by atoms with Gasteiger partial charge in [-0.25, -0.2) is 8.42 Å². The minimum atomic E-state index is -3.05. The second-order valence-corrected chi connectivity index (χ2v) is 8.17. The molecule has 3 rings (SSSR count). The molecule has 24 heavy (non-hydrogen) atoms. The highest BCUT2D eigenvalue weighted by Crippen LogP contribution is 2.29. The van der Waals surface area contributed by atoms with Gasteiger partial charge in [-0.15, -0.1) is 0 Å². The molecule has 0 saturated carbocycles. The number of benzene rings is 1. The summed E-state index contributed by atoms with van der Waals surface area (Å²) in [5.74, 6) is -0.238. The molecule has 8 heteroatoms. The summed E-state index contributed by atoms with van der Waals surface area (Å²) in [6, 6.07) is 6.45. The first-order chi connectivity index (χ1) is 11.4. The molecule has 1 amide bonds. The van der Waals surface area contributed by atoms with E-state index in [9.17, 15) is 18.3 Å². The van der Waals surface area contributed by atoms with Crippen molar-refractivity contribution in [1.82, 2.24) is 15.5 Å². The summed E-state index contributed by atoms with van der Waals surface area (Å²) in [5.41, 5.74) is 2.30. The Morgan fingerprint density at radius 2 is 2.21 bits per heavy atom. The molecule has 0 radical (unpaired) electrons. The number of nitrogens with zero attached hydrogens (tertiary/aromatic N) is 1. The molecular weight excluding hydrogens is 330 g/mol. The van der Waals surface area contributed by atoms with Crippen LogP contribution in [0.5, 0.6) is 5.75 Å². The maximum Gasteiger partial charge on any atom is 0.269 e. The fourth-order valence-electron chi connectivity index (χ4n) is 2.76. The van der Waals surface area contributed by atoms with Gasteiger partial charge in [-0.2, -0.15) is 5.10 Å². The van der Waals surface area contributed by atoms with Gasteiger partial charge < -0.3 is 10.4 Å². The summed E-state index contributed by atoms with van der Waals surface area (Å²) in [7, 11) is -3.05. The highest BCUT2D eigenvalue weighted by Gasteiger charge is 2.29. The van der Waals surface area contributed by atoms with Crippen LogP contribution in [-0.4, -0.2) is 47.2 Å². The fourth-order valence-corrected chi connectivity index (χ4v) is 4.43. The lowest BCUT2D eigenvalue weighted by Gasteiger charge is -2.08. The van der Waals surface area contributed by atoms with Crippen molar-refractivity contribution in [1.29, 1.82) is 0 Å². The lowest BCUT2D eigenvalue weighted by atomic mass is 10.1. The second kappa shape index (κ2) is 6.27. The number of aryl methyl sites for hydroxylation is 1. The number of aromatic hydroxyl groups is 1. The maximum absolute atomic E-state index is 12.2. The monoisotopic (exact) mass is 349 g/mol. The molecular formula is C16H19N3O4S. The smallest absolute Gasteiger partial charge is 0.269 e. The SMILES string of the molecule is CCc1ccc(O)c(-c2cc(C(=O)NC3CCS(=O)(=O)C3)[nH]n2)c1. The molecule has 1 aromatic heterocycles. The molecule has 1 unspecified atom stereocenters. The second-order valence-electron chi connectivity index (χ2n) is 5.95. The first kappa shape index (κ1) is 16.5. The predicted octanol–water partition coefficient (Wildman–Crippen LogP) is 1.26. The van der Waals surface area contributed by atoms with E-state index in [1.807, 2.05) is 19.1 Å². The molecule has 3 N–H and O–H groups in total. The van der Waals surface area contributed by atoms with Gasteiger partial charge in [0.25, 0.3) is 5.91 Å².